The Balaban J connectivity index is 1.51. The van der Waals surface area contributed by atoms with Gasteiger partial charge in [-0.25, -0.2) is 9.36 Å². The molecule has 0 saturated heterocycles. The first-order valence-corrected chi connectivity index (χ1v) is 9.70. The second kappa shape index (κ2) is 9.73. The largest absolute Gasteiger partial charge is 0.494 e. The molecule has 0 aliphatic rings. The molecule has 0 aliphatic heterocycles. The van der Waals surface area contributed by atoms with E-state index in [1.54, 1.807) is 35.0 Å². The molecular formula is C21H25N5O4. The van der Waals surface area contributed by atoms with Crippen molar-refractivity contribution in [2.24, 2.45) is 0 Å². The fourth-order valence-electron chi connectivity index (χ4n) is 2.87. The summed E-state index contributed by atoms with van der Waals surface area (Å²) in [5, 5.41) is 11.4. The van der Waals surface area contributed by atoms with Gasteiger partial charge in [-0.05, 0) is 57.2 Å². The van der Waals surface area contributed by atoms with Gasteiger partial charge in [0.1, 0.15) is 11.5 Å². The standard InChI is InChI=1S/C21H25N5O4/c1-4-29-17-5-7-18(8-6-17)30-14-20(27)22-11-12-25-21(28)10-9-19(24-25)26-16(3)13-15(2)23-26/h5-10,13H,4,11-12,14H2,1-3H3,(H,22,27). The van der Waals surface area contributed by atoms with Crippen LogP contribution in [0.3, 0.4) is 0 Å². The van der Waals surface area contributed by atoms with E-state index >= 15 is 0 Å². The number of carbonyl (C=O) groups excluding carboxylic acids is 1. The topological polar surface area (TPSA) is 100 Å². The molecular weight excluding hydrogens is 386 g/mol. The van der Waals surface area contributed by atoms with Gasteiger partial charge in [0.05, 0.1) is 18.8 Å². The number of aryl methyl sites for hydroxylation is 2. The molecule has 0 fully saturated rings. The summed E-state index contributed by atoms with van der Waals surface area (Å²) in [6.45, 7) is 6.67. The summed E-state index contributed by atoms with van der Waals surface area (Å²) in [7, 11) is 0. The van der Waals surface area contributed by atoms with E-state index in [2.05, 4.69) is 15.5 Å². The maximum Gasteiger partial charge on any atom is 0.266 e. The van der Waals surface area contributed by atoms with Crippen LogP contribution in [-0.2, 0) is 11.3 Å². The first kappa shape index (κ1) is 21.1. The number of aromatic nitrogens is 4. The molecule has 9 heteroatoms. The molecule has 158 valence electrons. The second-order valence-corrected chi connectivity index (χ2v) is 6.63. The Hall–Kier alpha value is -3.62. The Morgan fingerprint density at radius 2 is 1.73 bits per heavy atom. The van der Waals surface area contributed by atoms with Crippen molar-refractivity contribution in [1.29, 1.82) is 0 Å². The lowest BCUT2D eigenvalue weighted by molar-refractivity contribution is -0.123. The van der Waals surface area contributed by atoms with Crippen LogP contribution in [0.25, 0.3) is 5.82 Å². The zero-order valence-corrected chi connectivity index (χ0v) is 17.3. The van der Waals surface area contributed by atoms with Crippen LogP contribution in [0.4, 0.5) is 0 Å². The highest BCUT2D eigenvalue weighted by Gasteiger charge is 2.08. The number of amides is 1. The summed E-state index contributed by atoms with van der Waals surface area (Å²) < 4.78 is 13.8. The summed E-state index contributed by atoms with van der Waals surface area (Å²) >= 11 is 0. The van der Waals surface area contributed by atoms with Gasteiger partial charge in [0.15, 0.2) is 12.4 Å². The molecule has 0 atom stereocenters. The number of ether oxygens (including phenoxy) is 2. The van der Waals surface area contributed by atoms with E-state index in [1.165, 1.54) is 10.7 Å². The Morgan fingerprint density at radius 1 is 1.03 bits per heavy atom. The van der Waals surface area contributed by atoms with Crippen LogP contribution < -0.4 is 20.3 Å². The quantitative estimate of drug-likeness (QED) is 0.575. The minimum Gasteiger partial charge on any atom is -0.494 e. The molecule has 9 nitrogen and oxygen atoms in total. The predicted molar refractivity (Wildman–Crippen MR) is 111 cm³/mol. The van der Waals surface area contributed by atoms with E-state index in [9.17, 15) is 9.59 Å². The van der Waals surface area contributed by atoms with Crippen LogP contribution in [-0.4, -0.2) is 45.2 Å². The molecule has 30 heavy (non-hydrogen) atoms. The SMILES string of the molecule is CCOc1ccc(OCC(=O)NCCn2nc(-n3nc(C)cc3C)ccc2=O)cc1. The third-order valence-corrected chi connectivity index (χ3v) is 4.23. The summed E-state index contributed by atoms with van der Waals surface area (Å²) in [5.74, 6) is 1.58. The number of carbonyl (C=O) groups is 1. The lowest BCUT2D eigenvalue weighted by Gasteiger charge is -2.10. The van der Waals surface area contributed by atoms with E-state index in [0.717, 1.165) is 17.1 Å². The predicted octanol–water partition coefficient (Wildman–Crippen LogP) is 1.64. The van der Waals surface area contributed by atoms with Crippen LogP contribution in [0.5, 0.6) is 11.5 Å². The van der Waals surface area contributed by atoms with Crippen molar-refractivity contribution in [2.75, 3.05) is 19.8 Å². The van der Waals surface area contributed by atoms with Gasteiger partial charge in [-0.3, -0.25) is 9.59 Å². The van der Waals surface area contributed by atoms with Gasteiger partial charge >= 0.3 is 0 Å². The van der Waals surface area contributed by atoms with Crippen LogP contribution >= 0.6 is 0 Å². The normalized spacial score (nSPS) is 10.6. The average Bonchev–Trinajstić information content (AvgIpc) is 3.07. The fourth-order valence-corrected chi connectivity index (χ4v) is 2.87. The van der Waals surface area contributed by atoms with Crippen molar-refractivity contribution in [3.05, 3.63) is 64.2 Å². The third-order valence-electron chi connectivity index (χ3n) is 4.23. The van der Waals surface area contributed by atoms with Gasteiger partial charge in [-0.2, -0.15) is 5.10 Å². The van der Waals surface area contributed by atoms with Gasteiger partial charge in [0, 0.05) is 18.3 Å². The molecule has 1 amide bonds. The monoisotopic (exact) mass is 411 g/mol. The van der Waals surface area contributed by atoms with E-state index in [4.69, 9.17) is 9.47 Å². The molecule has 1 aromatic carbocycles. The maximum absolute atomic E-state index is 12.1. The van der Waals surface area contributed by atoms with E-state index in [0.29, 0.717) is 18.2 Å². The van der Waals surface area contributed by atoms with Crippen LogP contribution in [0, 0.1) is 13.8 Å². The molecule has 2 heterocycles. The highest BCUT2D eigenvalue weighted by molar-refractivity contribution is 5.77. The number of nitrogens with one attached hydrogen (secondary N) is 1. The number of hydrogen-bond acceptors (Lipinski definition) is 6. The van der Waals surface area contributed by atoms with Crippen LogP contribution in [0.15, 0.2) is 47.3 Å². The first-order valence-electron chi connectivity index (χ1n) is 9.70. The van der Waals surface area contributed by atoms with Gasteiger partial charge in [-0.15, -0.1) is 5.10 Å². The molecule has 1 N–H and O–H groups in total. The Labute approximate surface area is 174 Å². The van der Waals surface area contributed by atoms with Gasteiger partial charge < -0.3 is 14.8 Å². The minimum atomic E-state index is -0.286. The average molecular weight is 411 g/mol. The molecule has 0 spiro atoms. The molecule has 0 bridgehead atoms. The van der Waals surface area contributed by atoms with Gasteiger partial charge in [0.2, 0.25) is 0 Å². The molecule has 0 radical (unpaired) electrons. The zero-order chi connectivity index (χ0) is 21.5. The van der Waals surface area contributed by atoms with Crippen molar-refractivity contribution >= 4 is 5.91 Å². The van der Waals surface area contributed by atoms with Crippen LogP contribution in [0.2, 0.25) is 0 Å². The van der Waals surface area contributed by atoms with Crippen molar-refractivity contribution in [3.8, 4) is 17.3 Å². The van der Waals surface area contributed by atoms with Crippen LogP contribution in [0.1, 0.15) is 18.3 Å². The van der Waals surface area contributed by atoms with E-state index in [1.807, 2.05) is 26.8 Å². The Morgan fingerprint density at radius 3 is 2.37 bits per heavy atom. The minimum absolute atomic E-state index is 0.123. The third kappa shape index (κ3) is 5.47. The molecule has 0 saturated carbocycles. The number of hydrogen-bond donors (Lipinski definition) is 1. The number of benzene rings is 1. The summed E-state index contributed by atoms with van der Waals surface area (Å²) in [5.41, 5.74) is 1.54. The molecule has 0 unspecified atom stereocenters. The summed E-state index contributed by atoms with van der Waals surface area (Å²) in [6.07, 6.45) is 0. The summed E-state index contributed by atoms with van der Waals surface area (Å²) in [6, 6.07) is 12.0. The zero-order valence-electron chi connectivity index (χ0n) is 17.3. The number of nitrogens with zero attached hydrogens (tertiary/aromatic N) is 4. The Bertz CT molecular complexity index is 1060. The molecule has 3 aromatic rings. The van der Waals surface area contributed by atoms with Crippen molar-refractivity contribution in [3.63, 3.8) is 0 Å². The highest BCUT2D eigenvalue weighted by atomic mass is 16.5. The lowest BCUT2D eigenvalue weighted by atomic mass is 10.3. The molecule has 0 aliphatic carbocycles. The molecule has 3 rings (SSSR count). The van der Waals surface area contributed by atoms with Crippen molar-refractivity contribution < 1.29 is 14.3 Å². The van der Waals surface area contributed by atoms with Gasteiger partial charge in [0.25, 0.3) is 11.5 Å². The smallest absolute Gasteiger partial charge is 0.266 e. The van der Waals surface area contributed by atoms with E-state index < -0.39 is 0 Å². The fraction of sp³-hybridized carbons (Fsp3) is 0.333. The van der Waals surface area contributed by atoms with Crippen molar-refractivity contribution in [2.45, 2.75) is 27.3 Å². The second-order valence-electron chi connectivity index (χ2n) is 6.63. The molecule has 2 aromatic heterocycles. The van der Waals surface area contributed by atoms with Gasteiger partial charge in [-0.1, -0.05) is 0 Å². The summed E-state index contributed by atoms with van der Waals surface area (Å²) in [4.78, 5) is 24.1. The van der Waals surface area contributed by atoms with Crippen molar-refractivity contribution in [1.82, 2.24) is 24.9 Å². The Kier molecular flexibility index (Phi) is 6.84. The first-order chi connectivity index (χ1) is 14.5. The highest BCUT2D eigenvalue weighted by Crippen LogP contribution is 2.17. The van der Waals surface area contributed by atoms with E-state index in [-0.39, 0.29) is 31.2 Å². The number of rotatable bonds is 9. The lowest BCUT2D eigenvalue weighted by Crippen LogP contribution is -2.34. The maximum atomic E-state index is 12.1.